The van der Waals surface area contributed by atoms with E-state index in [9.17, 15) is 8.42 Å². The fourth-order valence-corrected chi connectivity index (χ4v) is 6.22. The van der Waals surface area contributed by atoms with Crippen molar-refractivity contribution in [2.75, 3.05) is 19.6 Å². The molecule has 0 aliphatic heterocycles. The van der Waals surface area contributed by atoms with Gasteiger partial charge in [0.1, 0.15) is 5.58 Å². The fourth-order valence-electron chi connectivity index (χ4n) is 3.91. The molecule has 1 atom stereocenters. The van der Waals surface area contributed by atoms with Crippen LogP contribution in [0.2, 0.25) is 0 Å². The number of furan rings is 1. The Balaban J connectivity index is 1.92. The van der Waals surface area contributed by atoms with Gasteiger partial charge in [0.25, 0.3) is 0 Å². The first-order valence-corrected chi connectivity index (χ1v) is 13.1. The zero-order valence-electron chi connectivity index (χ0n) is 19.0. The highest BCUT2D eigenvalue weighted by Gasteiger charge is 2.31. The summed E-state index contributed by atoms with van der Waals surface area (Å²) >= 11 is 1.48. The number of benzene rings is 1. The van der Waals surface area contributed by atoms with Gasteiger partial charge in [0.05, 0.1) is 23.2 Å². The van der Waals surface area contributed by atoms with Crippen molar-refractivity contribution in [1.29, 1.82) is 0 Å². The Hall–Kier alpha value is -1.74. The third-order valence-corrected chi connectivity index (χ3v) is 7.81. The monoisotopic (exact) mass is 463 g/mol. The second-order valence-corrected chi connectivity index (χ2v) is 11.9. The van der Waals surface area contributed by atoms with Gasteiger partial charge in [-0.1, -0.05) is 27.7 Å². The molecule has 0 unspecified atom stereocenters. The zero-order chi connectivity index (χ0) is 22.6. The van der Waals surface area contributed by atoms with E-state index in [0.717, 1.165) is 23.4 Å². The van der Waals surface area contributed by atoms with Crippen LogP contribution in [0.5, 0.6) is 0 Å². The minimum atomic E-state index is -3.70. The molecule has 0 N–H and O–H groups in total. The average Bonchev–Trinajstić information content (AvgIpc) is 3.35. The van der Waals surface area contributed by atoms with Gasteiger partial charge in [0.15, 0.2) is 0 Å². The largest absolute Gasteiger partial charge is 0.464 e. The molecule has 0 fully saturated rings. The smallest absolute Gasteiger partial charge is 0.243 e. The summed E-state index contributed by atoms with van der Waals surface area (Å²) in [5.74, 6) is 1.03. The lowest BCUT2D eigenvalue weighted by molar-refractivity contribution is 0.172. The van der Waals surface area contributed by atoms with Crippen molar-refractivity contribution in [2.24, 2.45) is 11.8 Å². The molecular weight excluding hydrogens is 430 g/mol. The number of hydrogen-bond acceptors (Lipinski definition) is 6. The maximum absolute atomic E-state index is 13.8. The second kappa shape index (κ2) is 10.3. The molecule has 0 saturated heterocycles. The predicted octanol–water partition coefficient (Wildman–Crippen LogP) is 5.08. The highest BCUT2D eigenvalue weighted by molar-refractivity contribution is 7.89. The van der Waals surface area contributed by atoms with Crippen LogP contribution in [0.15, 0.2) is 51.5 Å². The molecule has 3 rings (SSSR count). The van der Waals surface area contributed by atoms with E-state index in [1.54, 1.807) is 46.5 Å². The lowest BCUT2D eigenvalue weighted by Crippen LogP contribution is -2.46. The Morgan fingerprint density at radius 3 is 2.35 bits per heavy atom. The van der Waals surface area contributed by atoms with E-state index >= 15 is 0 Å². The first-order chi connectivity index (χ1) is 14.7. The quantitative estimate of drug-likeness (QED) is 0.397. The molecule has 0 aliphatic carbocycles. The van der Waals surface area contributed by atoms with Crippen molar-refractivity contribution in [3.8, 4) is 0 Å². The normalized spacial score (nSPS) is 13.8. The molecule has 2 aromatic heterocycles. The van der Waals surface area contributed by atoms with Crippen LogP contribution in [-0.4, -0.2) is 48.3 Å². The van der Waals surface area contributed by atoms with Gasteiger partial charge in [-0.15, -0.1) is 11.3 Å². The van der Waals surface area contributed by atoms with Crippen LogP contribution in [0.25, 0.3) is 11.0 Å². The van der Waals surface area contributed by atoms with Gasteiger partial charge in [0, 0.05) is 42.1 Å². The summed E-state index contributed by atoms with van der Waals surface area (Å²) in [6, 6.07) is 6.65. The van der Waals surface area contributed by atoms with Gasteiger partial charge in [0.2, 0.25) is 10.0 Å². The Bertz CT molecular complexity index is 1050. The van der Waals surface area contributed by atoms with Gasteiger partial charge in [-0.3, -0.25) is 4.98 Å². The molecule has 0 spiro atoms. The van der Waals surface area contributed by atoms with Gasteiger partial charge in [-0.25, -0.2) is 8.42 Å². The zero-order valence-corrected chi connectivity index (χ0v) is 20.6. The average molecular weight is 464 g/mol. The SMILES string of the molecule is CC(C)CN(CC(C)C)C[C@H](C)N(Cc1cncs1)S(=O)(=O)c1ccc2occc2c1. The molecule has 170 valence electrons. The summed E-state index contributed by atoms with van der Waals surface area (Å²) in [7, 11) is -3.70. The lowest BCUT2D eigenvalue weighted by atomic mass is 10.1. The highest BCUT2D eigenvalue weighted by atomic mass is 32.2. The Kier molecular flexibility index (Phi) is 7.91. The Morgan fingerprint density at radius 1 is 1.03 bits per heavy atom. The number of fused-ring (bicyclic) bond motifs is 1. The third-order valence-electron chi connectivity index (χ3n) is 5.09. The van der Waals surface area contributed by atoms with Crippen molar-refractivity contribution in [3.05, 3.63) is 47.1 Å². The standard InChI is InChI=1S/C23H33N3O3S2/c1-17(2)12-25(13-18(3)4)14-19(5)26(15-21-11-24-16-30-21)31(27,28)22-6-7-23-20(10-22)8-9-29-23/h6-11,16-19H,12-15H2,1-5H3/t19-/m0/s1. The van der Waals surface area contributed by atoms with E-state index in [1.165, 1.54) is 11.3 Å². The van der Waals surface area contributed by atoms with Crippen molar-refractivity contribution in [3.63, 3.8) is 0 Å². The fraction of sp³-hybridized carbons (Fsp3) is 0.522. The van der Waals surface area contributed by atoms with Gasteiger partial charge in [-0.05, 0) is 43.0 Å². The molecule has 0 bridgehead atoms. The first-order valence-electron chi connectivity index (χ1n) is 10.8. The molecule has 3 aromatic rings. The summed E-state index contributed by atoms with van der Waals surface area (Å²) in [5.41, 5.74) is 2.42. The van der Waals surface area contributed by atoms with E-state index in [2.05, 4.69) is 37.6 Å². The summed E-state index contributed by atoms with van der Waals surface area (Å²) in [6.07, 6.45) is 3.33. The second-order valence-electron chi connectivity index (χ2n) is 8.99. The van der Waals surface area contributed by atoms with E-state index in [0.29, 0.717) is 30.5 Å². The molecular formula is C23H33N3O3S2. The number of thiazole rings is 1. The molecule has 1 aromatic carbocycles. The van der Waals surface area contributed by atoms with E-state index in [4.69, 9.17) is 4.42 Å². The number of hydrogen-bond donors (Lipinski definition) is 0. The number of rotatable bonds is 11. The number of sulfonamides is 1. The molecule has 0 radical (unpaired) electrons. The van der Waals surface area contributed by atoms with Crippen LogP contribution in [0, 0.1) is 11.8 Å². The topological polar surface area (TPSA) is 66.7 Å². The van der Waals surface area contributed by atoms with Crippen molar-refractivity contribution in [1.82, 2.24) is 14.2 Å². The highest BCUT2D eigenvalue weighted by Crippen LogP contribution is 2.26. The summed E-state index contributed by atoms with van der Waals surface area (Å²) in [4.78, 5) is 7.74. The van der Waals surface area contributed by atoms with Crippen molar-refractivity contribution < 1.29 is 12.8 Å². The van der Waals surface area contributed by atoms with Crippen LogP contribution in [0.3, 0.4) is 0 Å². The minimum absolute atomic E-state index is 0.190. The van der Waals surface area contributed by atoms with E-state index < -0.39 is 10.0 Å². The minimum Gasteiger partial charge on any atom is -0.464 e. The van der Waals surface area contributed by atoms with Crippen LogP contribution in [0.4, 0.5) is 0 Å². The molecule has 0 aliphatic rings. The maximum Gasteiger partial charge on any atom is 0.243 e. The summed E-state index contributed by atoms with van der Waals surface area (Å²) in [6.45, 7) is 13.7. The summed E-state index contributed by atoms with van der Waals surface area (Å²) < 4.78 is 34.5. The molecule has 6 nitrogen and oxygen atoms in total. The van der Waals surface area contributed by atoms with Crippen LogP contribution >= 0.6 is 11.3 Å². The molecule has 2 heterocycles. The molecule has 0 saturated carbocycles. The Labute approximate surface area is 189 Å². The van der Waals surface area contributed by atoms with Gasteiger partial charge in [-0.2, -0.15) is 4.31 Å². The van der Waals surface area contributed by atoms with Crippen molar-refractivity contribution in [2.45, 2.75) is 52.1 Å². The van der Waals surface area contributed by atoms with E-state index in [1.807, 2.05) is 6.92 Å². The molecule has 0 amide bonds. The van der Waals surface area contributed by atoms with Crippen molar-refractivity contribution >= 4 is 32.3 Å². The Morgan fingerprint density at radius 2 is 1.74 bits per heavy atom. The maximum atomic E-state index is 13.8. The van der Waals surface area contributed by atoms with Crippen LogP contribution in [0.1, 0.15) is 39.5 Å². The first kappa shape index (κ1) is 23.9. The molecule has 31 heavy (non-hydrogen) atoms. The van der Waals surface area contributed by atoms with Crippen LogP contribution < -0.4 is 0 Å². The van der Waals surface area contributed by atoms with E-state index in [-0.39, 0.29) is 10.9 Å². The lowest BCUT2D eigenvalue weighted by Gasteiger charge is -2.34. The number of nitrogens with zero attached hydrogens (tertiary/aromatic N) is 3. The van der Waals surface area contributed by atoms with Gasteiger partial charge >= 0.3 is 0 Å². The number of aromatic nitrogens is 1. The predicted molar refractivity (Wildman–Crippen MR) is 127 cm³/mol. The van der Waals surface area contributed by atoms with Crippen LogP contribution in [-0.2, 0) is 16.6 Å². The third kappa shape index (κ3) is 6.16. The van der Waals surface area contributed by atoms with Gasteiger partial charge < -0.3 is 9.32 Å². The molecule has 8 heteroatoms. The summed E-state index contributed by atoms with van der Waals surface area (Å²) in [5, 5.41) is 0.785.